The molecule has 0 spiro atoms. The molecule has 0 saturated carbocycles. The highest BCUT2D eigenvalue weighted by Gasteiger charge is 2.31. The minimum absolute atomic E-state index is 0.312. The molecule has 42 heavy (non-hydrogen) atoms. The summed E-state index contributed by atoms with van der Waals surface area (Å²) in [7, 11) is 0. The zero-order chi connectivity index (χ0) is 30.0. The van der Waals surface area contributed by atoms with Crippen LogP contribution in [-0.4, -0.2) is 31.7 Å². The van der Waals surface area contributed by atoms with Gasteiger partial charge in [-0.15, -0.1) is 29.6 Å². The summed E-state index contributed by atoms with van der Waals surface area (Å²) < 4.78 is 44.6. The number of para-hydroxylation sites is 1. The molecule has 2 amide bonds. The van der Waals surface area contributed by atoms with Crippen LogP contribution in [0.25, 0.3) is 22.8 Å². The molecular formula is C30H27F3N6O2S. The topological polar surface area (TPSA) is 86.3 Å². The zero-order valence-electron chi connectivity index (χ0n) is 23.2. The first-order chi connectivity index (χ1) is 20.0. The Hall–Kier alpha value is -4.71. The van der Waals surface area contributed by atoms with Crippen molar-refractivity contribution < 1.29 is 22.7 Å². The van der Waals surface area contributed by atoms with Crippen LogP contribution in [0.1, 0.15) is 35.3 Å². The number of benzene rings is 3. The van der Waals surface area contributed by atoms with E-state index in [0.29, 0.717) is 16.3 Å². The Bertz CT molecular complexity index is 1770. The number of thiazole rings is 1. The van der Waals surface area contributed by atoms with Gasteiger partial charge in [-0.25, -0.2) is 14.5 Å². The molecule has 3 aromatic carbocycles. The van der Waals surface area contributed by atoms with Gasteiger partial charge in [0.15, 0.2) is 10.6 Å². The molecule has 0 aliphatic rings. The van der Waals surface area contributed by atoms with Crippen molar-refractivity contribution in [2.75, 3.05) is 0 Å². The molecule has 0 saturated heterocycles. The largest absolute Gasteiger partial charge is 0.573 e. The summed E-state index contributed by atoms with van der Waals surface area (Å²) >= 11 is 1.41. The third-order valence-corrected chi connectivity index (χ3v) is 7.52. The Morgan fingerprint density at radius 3 is 2.31 bits per heavy atom. The number of halogens is 3. The lowest BCUT2D eigenvalue weighted by atomic mass is 10.1. The van der Waals surface area contributed by atoms with Crippen molar-refractivity contribution >= 4 is 17.4 Å². The number of nitrogens with zero attached hydrogens (tertiary/aromatic N) is 5. The number of rotatable bonds is 6. The SMILES string of the molecule is Cc1cccc(C)c1-n1c(C)csc1=NC(=O)NC(C)c1ccc(-c2ncn(-c3ccc(OC(F)(F)F)cc3)n2)cc1. The number of carbonyl (C=O) groups is 1. The van der Waals surface area contributed by atoms with E-state index in [4.69, 9.17) is 0 Å². The first-order valence-corrected chi connectivity index (χ1v) is 13.8. The number of ether oxygens (including phenoxy) is 1. The first-order valence-electron chi connectivity index (χ1n) is 13.0. The Kier molecular flexibility index (Phi) is 7.99. The number of carbonyl (C=O) groups excluding carboxylic acids is 1. The standard InChI is InChI=1S/C30H27F3N6O2S/c1-18-6-5-7-19(2)26(18)39-20(3)16-42-29(39)36-28(40)35-21(4)22-8-10-23(11-9-22)27-34-17-38(37-27)24-12-14-25(15-13-24)41-30(31,32)33/h5-17,21H,1-4H3,(H,35,40). The minimum Gasteiger partial charge on any atom is -0.406 e. The maximum Gasteiger partial charge on any atom is 0.573 e. The van der Waals surface area contributed by atoms with Gasteiger partial charge in [0.2, 0.25) is 0 Å². The summed E-state index contributed by atoms with van der Waals surface area (Å²) in [6.45, 7) is 7.94. The second-order valence-corrected chi connectivity index (χ2v) is 10.5. The summed E-state index contributed by atoms with van der Waals surface area (Å²) in [4.78, 5) is 22.2. The van der Waals surface area contributed by atoms with E-state index >= 15 is 0 Å². The Balaban J connectivity index is 1.28. The summed E-state index contributed by atoms with van der Waals surface area (Å²) in [6.07, 6.45) is -3.28. The summed E-state index contributed by atoms with van der Waals surface area (Å²) in [5.74, 6) is 0.121. The van der Waals surface area contributed by atoms with E-state index in [-0.39, 0.29) is 11.8 Å². The predicted octanol–water partition coefficient (Wildman–Crippen LogP) is 6.98. The van der Waals surface area contributed by atoms with Crippen molar-refractivity contribution in [2.24, 2.45) is 4.99 Å². The van der Waals surface area contributed by atoms with Crippen LogP contribution in [-0.2, 0) is 0 Å². The fourth-order valence-corrected chi connectivity index (χ4v) is 5.39. The van der Waals surface area contributed by atoms with Gasteiger partial charge in [0.05, 0.1) is 17.4 Å². The second-order valence-electron chi connectivity index (χ2n) is 9.69. The predicted molar refractivity (Wildman–Crippen MR) is 154 cm³/mol. The van der Waals surface area contributed by atoms with E-state index in [9.17, 15) is 18.0 Å². The fourth-order valence-electron chi connectivity index (χ4n) is 4.53. The van der Waals surface area contributed by atoms with E-state index in [1.165, 1.54) is 46.6 Å². The average Bonchev–Trinajstić information content (AvgIpc) is 3.56. The van der Waals surface area contributed by atoms with Crippen LogP contribution in [0.3, 0.4) is 0 Å². The molecule has 216 valence electrons. The lowest BCUT2D eigenvalue weighted by Gasteiger charge is -2.14. The molecule has 0 fully saturated rings. The smallest absolute Gasteiger partial charge is 0.406 e. The Labute approximate surface area is 243 Å². The van der Waals surface area contributed by atoms with Crippen LogP contribution in [0.15, 0.2) is 83.4 Å². The third kappa shape index (κ3) is 6.44. The normalized spacial score (nSPS) is 12.8. The van der Waals surface area contributed by atoms with Gasteiger partial charge in [0.25, 0.3) is 0 Å². The fraction of sp³-hybridized carbons (Fsp3) is 0.200. The highest BCUT2D eigenvalue weighted by Crippen LogP contribution is 2.25. The number of aromatic nitrogens is 4. The van der Waals surface area contributed by atoms with Gasteiger partial charge in [-0.2, -0.15) is 4.99 Å². The van der Waals surface area contributed by atoms with Crippen LogP contribution in [0.5, 0.6) is 5.75 Å². The highest BCUT2D eigenvalue weighted by molar-refractivity contribution is 7.07. The van der Waals surface area contributed by atoms with Crippen LogP contribution in [0.2, 0.25) is 0 Å². The van der Waals surface area contributed by atoms with Crippen molar-refractivity contribution in [2.45, 2.75) is 40.1 Å². The molecule has 0 radical (unpaired) electrons. The van der Waals surface area contributed by atoms with Crippen LogP contribution in [0.4, 0.5) is 18.0 Å². The highest BCUT2D eigenvalue weighted by atomic mass is 32.1. The number of nitrogens with one attached hydrogen (secondary N) is 1. The van der Waals surface area contributed by atoms with Gasteiger partial charge >= 0.3 is 12.4 Å². The quantitative estimate of drug-likeness (QED) is 0.231. The molecule has 0 aliphatic heterocycles. The van der Waals surface area contributed by atoms with E-state index < -0.39 is 12.4 Å². The van der Waals surface area contributed by atoms with E-state index in [1.54, 1.807) is 0 Å². The first kappa shape index (κ1) is 28.8. The van der Waals surface area contributed by atoms with E-state index in [2.05, 4.69) is 25.1 Å². The molecule has 0 aliphatic carbocycles. The minimum atomic E-state index is -4.75. The number of amides is 2. The summed E-state index contributed by atoms with van der Waals surface area (Å²) in [5.41, 5.74) is 6.35. The molecule has 8 nitrogen and oxygen atoms in total. The number of urea groups is 1. The van der Waals surface area contributed by atoms with Crippen molar-refractivity contribution in [1.82, 2.24) is 24.6 Å². The Morgan fingerprint density at radius 1 is 1.00 bits per heavy atom. The monoisotopic (exact) mass is 592 g/mol. The summed E-state index contributed by atoms with van der Waals surface area (Å²) in [6, 6.07) is 18.1. The Morgan fingerprint density at radius 2 is 1.67 bits per heavy atom. The van der Waals surface area contributed by atoms with Gasteiger partial charge < -0.3 is 10.1 Å². The third-order valence-electron chi connectivity index (χ3n) is 6.57. The average molecular weight is 593 g/mol. The molecule has 2 aromatic heterocycles. The van der Waals surface area contributed by atoms with Crippen molar-refractivity contribution in [3.63, 3.8) is 0 Å². The van der Waals surface area contributed by atoms with Crippen LogP contribution < -0.4 is 14.9 Å². The van der Waals surface area contributed by atoms with Gasteiger partial charge in [-0.1, -0.05) is 42.5 Å². The number of hydrogen-bond acceptors (Lipinski definition) is 5. The number of alkyl halides is 3. The van der Waals surface area contributed by atoms with Crippen LogP contribution >= 0.6 is 11.3 Å². The zero-order valence-corrected chi connectivity index (χ0v) is 24.0. The van der Waals surface area contributed by atoms with Gasteiger partial charge in [-0.3, -0.25) is 4.57 Å². The molecule has 1 atom stereocenters. The number of aryl methyl sites for hydroxylation is 3. The van der Waals surface area contributed by atoms with Gasteiger partial charge in [0, 0.05) is 16.6 Å². The number of hydrogen-bond donors (Lipinski definition) is 1. The maximum atomic E-state index is 12.9. The maximum absolute atomic E-state index is 12.9. The van der Waals surface area contributed by atoms with E-state index in [1.807, 2.05) is 80.1 Å². The molecular weight excluding hydrogens is 565 g/mol. The molecule has 5 rings (SSSR count). The van der Waals surface area contributed by atoms with Crippen LogP contribution in [0, 0.1) is 20.8 Å². The molecule has 0 bridgehead atoms. The molecule has 2 heterocycles. The molecule has 1 unspecified atom stereocenters. The van der Waals surface area contributed by atoms with Gasteiger partial charge in [0.1, 0.15) is 12.1 Å². The van der Waals surface area contributed by atoms with Gasteiger partial charge in [-0.05, 0) is 68.7 Å². The second kappa shape index (κ2) is 11.6. The molecule has 1 N–H and O–H groups in total. The van der Waals surface area contributed by atoms with Crippen molar-refractivity contribution in [3.8, 4) is 28.5 Å². The summed E-state index contributed by atoms with van der Waals surface area (Å²) in [5, 5.41) is 9.34. The van der Waals surface area contributed by atoms with E-state index in [0.717, 1.165) is 33.6 Å². The molecule has 12 heteroatoms. The lowest BCUT2D eigenvalue weighted by Crippen LogP contribution is -2.27. The lowest BCUT2D eigenvalue weighted by molar-refractivity contribution is -0.274. The molecule has 5 aromatic rings. The van der Waals surface area contributed by atoms with Crippen molar-refractivity contribution in [1.29, 1.82) is 0 Å². The van der Waals surface area contributed by atoms with Crippen molar-refractivity contribution in [3.05, 3.63) is 106 Å².